The zero-order chi connectivity index (χ0) is 17.7. The van der Waals surface area contributed by atoms with Gasteiger partial charge in [-0.3, -0.25) is 15.0 Å². The van der Waals surface area contributed by atoms with Crippen molar-refractivity contribution in [2.24, 2.45) is 5.73 Å². The van der Waals surface area contributed by atoms with Gasteiger partial charge in [0.2, 0.25) is 12.2 Å². The molecule has 1 amide bonds. The second kappa shape index (κ2) is 7.95. The number of nitrogen functional groups attached to an aromatic ring is 1. The van der Waals surface area contributed by atoms with Crippen LogP contribution in [0.4, 0.5) is 0 Å². The molecular formula is C17H14Cl2N3O2. The van der Waals surface area contributed by atoms with E-state index >= 15 is 0 Å². The number of amides is 1. The van der Waals surface area contributed by atoms with Crippen molar-refractivity contribution in [2.75, 3.05) is 0 Å². The van der Waals surface area contributed by atoms with Crippen molar-refractivity contribution >= 4 is 41.2 Å². The number of hydrogen-bond acceptors (Lipinski definition) is 3. The number of halogens is 2. The fourth-order valence-electron chi connectivity index (χ4n) is 2.22. The lowest BCUT2D eigenvalue weighted by Crippen LogP contribution is -2.31. The quantitative estimate of drug-likeness (QED) is 0.544. The molecule has 0 aliphatic heterocycles. The molecule has 123 valence electrons. The Morgan fingerprint density at radius 2 is 1.92 bits per heavy atom. The Labute approximate surface area is 149 Å². The van der Waals surface area contributed by atoms with Crippen molar-refractivity contribution in [1.82, 2.24) is 5.32 Å². The van der Waals surface area contributed by atoms with Gasteiger partial charge >= 0.3 is 0 Å². The van der Waals surface area contributed by atoms with E-state index in [-0.39, 0.29) is 22.8 Å². The van der Waals surface area contributed by atoms with Crippen LogP contribution in [-0.2, 0) is 16.0 Å². The molecule has 7 heteroatoms. The third-order valence-electron chi connectivity index (χ3n) is 3.34. The summed E-state index contributed by atoms with van der Waals surface area (Å²) in [7, 11) is 0. The van der Waals surface area contributed by atoms with Gasteiger partial charge in [-0.2, -0.15) is 0 Å². The molecule has 0 bridgehead atoms. The van der Waals surface area contributed by atoms with Crippen LogP contribution in [0.5, 0.6) is 0 Å². The average molecular weight is 363 g/mol. The highest BCUT2D eigenvalue weighted by Crippen LogP contribution is 2.26. The van der Waals surface area contributed by atoms with Crippen molar-refractivity contribution in [2.45, 2.75) is 12.5 Å². The molecule has 2 aromatic rings. The van der Waals surface area contributed by atoms with Gasteiger partial charge < -0.3 is 11.1 Å². The number of nitrogens with two attached hydrogens (primary N) is 1. The standard InChI is InChI=1S/C17H14Cl2N3O2/c18-11-6-13(17(20)21)12(14(19)7-11)8-16(24)22-15(9-23)10-4-2-1-3-5-10/h1-7,15H,8H2,(H3,20,21)(H,22,24). The van der Waals surface area contributed by atoms with Crippen LogP contribution >= 0.6 is 23.2 Å². The fraction of sp³-hybridized carbons (Fsp3) is 0.118. The molecule has 0 fully saturated rings. The molecule has 2 rings (SSSR count). The Morgan fingerprint density at radius 3 is 2.50 bits per heavy atom. The highest BCUT2D eigenvalue weighted by Gasteiger charge is 2.18. The molecule has 4 N–H and O–H groups in total. The number of carbonyl (C=O) groups excluding carboxylic acids is 2. The Bertz CT molecular complexity index is 779. The maximum absolute atomic E-state index is 12.3. The summed E-state index contributed by atoms with van der Waals surface area (Å²) in [6, 6.07) is 10.8. The van der Waals surface area contributed by atoms with E-state index in [4.69, 9.17) is 34.3 Å². The molecular weight excluding hydrogens is 349 g/mol. The predicted octanol–water partition coefficient (Wildman–Crippen LogP) is 2.79. The molecule has 0 spiro atoms. The number of rotatable bonds is 6. The summed E-state index contributed by atoms with van der Waals surface area (Å²) >= 11 is 12.0. The van der Waals surface area contributed by atoms with Gasteiger partial charge in [-0.1, -0.05) is 53.5 Å². The number of carbonyl (C=O) groups is 1. The number of benzene rings is 2. The van der Waals surface area contributed by atoms with E-state index in [2.05, 4.69) is 5.32 Å². The van der Waals surface area contributed by atoms with Crippen LogP contribution in [-0.4, -0.2) is 18.0 Å². The van der Waals surface area contributed by atoms with Gasteiger partial charge in [-0.15, -0.1) is 0 Å². The lowest BCUT2D eigenvalue weighted by Gasteiger charge is -2.15. The lowest BCUT2D eigenvalue weighted by atomic mass is 10.0. The van der Waals surface area contributed by atoms with E-state index in [1.165, 1.54) is 12.1 Å². The highest BCUT2D eigenvalue weighted by molar-refractivity contribution is 6.36. The Hall–Kier alpha value is -2.37. The van der Waals surface area contributed by atoms with E-state index < -0.39 is 11.9 Å². The molecule has 1 atom stereocenters. The summed E-state index contributed by atoms with van der Waals surface area (Å²) in [5.74, 6) is -0.692. The average Bonchev–Trinajstić information content (AvgIpc) is 2.55. The van der Waals surface area contributed by atoms with E-state index in [1.807, 2.05) is 0 Å². The zero-order valence-corrected chi connectivity index (χ0v) is 14.0. The first-order valence-electron chi connectivity index (χ1n) is 6.96. The minimum atomic E-state index is -0.884. The van der Waals surface area contributed by atoms with Gasteiger partial charge in [0.25, 0.3) is 0 Å². The minimum Gasteiger partial charge on any atom is -0.384 e. The van der Waals surface area contributed by atoms with Gasteiger partial charge in [0.05, 0.1) is 6.42 Å². The van der Waals surface area contributed by atoms with Crippen molar-refractivity contribution < 1.29 is 9.59 Å². The SMILES string of the molecule is N=C(N)c1cc(Cl)cc(Cl)c1CC(=O)NC([C]=O)c1ccccc1. The molecule has 0 saturated carbocycles. The molecule has 0 aliphatic rings. The Morgan fingerprint density at radius 1 is 1.25 bits per heavy atom. The van der Waals surface area contributed by atoms with Crippen LogP contribution in [0, 0.1) is 5.41 Å². The zero-order valence-electron chi connectivity index (χ0n) is 12.5. The van der Waals surface area contributed by atoms with Crippen molar-refractivity contribution in [1.29, 1.82) is 5.41 Å². The van der Waals surface area contributed by atoms with Crippen LogP contribution in [0.15, 0.2) is 42.5 Å². The van der Waals surface area contributed by atoms with Crippen molar-refractivity contribution in [3.05, 3.63) is 69.2 Å². The minimum absolute atomic E-state index is 0.143. The van der Waals surface area contributed by atoms with Crippen LogP contribution in [0.3, 0.4) is 0 Å². The van der Waals surface area contributed by atoms with Gasteiger partial charge in [0.15, 0.2) is 0 Å². The van der Waals surface area contributed by atoms with Crippen molar-refractivity contribution in [3.63, 3.8) is 0 Å². The number of hydrogen-bond donors (Lipinski definition) is 3. The first-order chi connectivity index (χ1) is 11.4. The molecule has 0 heterocycles. The van der Waals surface area contributed by atoms with E-state index in [0.29, 0.717) is 16.1 Å². The van der Waals surface area contributed by atoms with E-state index in [1.54, 1.807) is 36.6 Å². The highest BCUT2D eigenvalue weighted by atomic mass is 35.5. The molecule has 1 radical (unpaired) electrons. The Balaban J connectivity index is 2.21. The molecule has 5 nitrogen and oxygen atoms in total. The normalized spacial score (nSPS) is 11.6. The van der Waals surface area contributed by atoms with Crippen LogP contribution in [0.2, 0.25) is 10.0 Å². The Kier molecular flexibility index (Phi) is 5.95. The molecule has 24 heavy (non-hydrogen) atoms. The smallest absolute Gasteiger partial charge is 0.227 e. The van der Waals surface area contributed by atoms with Gasteiger partial charge in [0, 0.05) is 15.6 Å². The summed E-state index contributed by atoms with van der Waals surface area (Å²) < 4.78 is 0. The monoisotopic (exact) mass is 362 g/mol. The summed E-state index contributed by atoms with van der Waals surface area (Å²) in [5.41, 5.74) is 6.80. The first-order valence-corrected chi connectivity index (χ1v) is 7.72. The van der Waals surface area contributed by atoms with E-state index in [0.717, 1.165) is 0 Å². The van der Waals surface area contributed by atoms with Crippen LogP contribution < -0.4 is 11.1 Å². The van der Waals surface area contributed by atoms with Gasteiger partial charge in [-0.05, 0) is 23.3 Å². The van der Waals surface area contributed by atoms with E-state index in [9.17, 15) is 9.59 Å². The van der Waals surface area contributed by atoms with Crippen LogP contribution in [0.1, 0.15) is 22.7 Å². The largest absolute Gasteiger partial charge is 0.384 e. The summed E-state index contributed by atoms with van der Waals surface area (Å²) in [5, 5.41) is 10.7. The fourth-order valence-corrected chi connectivity index (χ4v) is 2.78. The maximum Gasteiger partial charge on any atom is 0.227 e. The maximum atomic E-state index is 12.3. The summed E-state index contributed by atoms with van der Waals surface area (Å²) in [6.07, 6.45) is 1.65. The third-order valence-corrected chi connectivity index (χ3v) is 3.90. The molecule has 2 aromatic carbocycles. The predicted molar refractivity (Wildman–Crippen MR) is 94.2 cm³/mol. The van der Waals surface area contributed by atoms with Crippen molar-refractivity contribution in [3.8, 4) is 0 Å². The van der Waals surface area contributed by atoms with Crippen LogP contribution in [0.25, 0.3) is 0 Å². The summed E-state index contributed by atoms with van der Waals surface area (Å²) in [4.78, 5) is 23.4. The molecule has 0 saturated heterocycles. The third kappa shape index (κ3) is 4.34. The first kappa shape index (κ1) is 18.0. The number of amidine groups is 1. The second-order valence-corrected chi connectivity index (χ2v) is 5.88. The lowest BCUT2D eigenvalue weighted by molar-refractivity contribution is -0.120. The van der Waals surface area contributed by atoms with Gasteiger partial charge in [0.1, 0.15) is 11.9 Å². The topological polar surface area (TPSA) is 96.0 Å². The summed E-state index contributed by atoms with van der Waals surface area (Å²) in [6.45, 7) is 0. The molecule has 0 aromatic heterocycles. The number of nitrogens with one attached hydrogen (secondary N) is 2. The molecule has 0 aliphatic carbocycles. The second-order valence-electron chi connectivity index (χ2n) is 5.03. The molecule has 1 unspecified atom stereocenters. The van der Waals surface area contributed by atoms with Gasteiger partial charge in [-0.25, -0.2) is 0 Å².